The Balaban J connectivity index is 2.21. The molecule has 0 unspecified atom stereocenters. The van der Waals surface area contributed by atoms with Gasteiger partial charge in [0.25, 0.3) is 5.91 Å². The number of carbonyl (C=O) groups excluding carboxylic acids is 2. The lowest BCUT2D eigenvalue weighted by atomic mass is 10.2. The van der Waals surface area contributed by atoms with Crippen molar-refractivity contribution >= 4 is 11.8 Å². The highest BCUT2D eigenvalue weighted by Gasteiger charge is 2.10. The highest BCUT2D eigenvalue weighted by atomic mass is 16.3. The maximum Gasteiger partial charge on any atom is 0.254 e. The van der Waals surface area contributed by atoms with Crippen molar-refractivity contribution in [2.45, 2.75) is 25.8 Å². The van der Waals surface area contributed by atoms with Crippen LogP contribution in [0.25, 0.3) is 0 Å². The first-order valence-corrected chi connectivity index (χ1v) is 5.88. The summed E-state index contributed by atoms with van der Waals surface area (Å²) >= 11 is 0. The minimum atomic E-state index is -0.272. The van der Waals surface area contributed by atoms with Crippen LogP contribution in [-0.4, -0.2) is 36.1 Å². The molecule has 0 aliphatic carbocycles. The smallest absolute Gasteiger partial charge is 0.254 e. The van der Waals surface area contributed by atoms with Gasteiger partial charge in [-0.25, -0.2) is 0 Å². The quantitative estimate of drug-likeness (QED) is 0.652. The standard InChI is InChI=1S/C12H18N2O4/c1-2-10(7-15)14-11(16)3-5-13-12(17)9-4-6-18-8-9/h4,6,8,10,15H,2-3,5,7H2,1H3,(H,13,17)(H,14,16)/t10-/m0/s1. The molecule has 1 heterocycles. The third-order valence-electron chi connectivity index (χ3n) is 2.50. The summed E-state index contributed by atoms with van der Waals surface area (Å²) in [5, 5.41) is 14.2. The molecule has 6 nitrogen and oxygen atoms in total. The van der Waals surface area contributed by atoms with E-state index >= 15 is 0 Å². The Morgan fingerprint density at radius 1 is 1.50 bits per heavy atom. The molecule has 18 heavy (non-hydrogen) atoms. The number of nitrogens with one attached hydrogen (secondary N) is 2. The Labute approximate surface area is 105 Å². The van der Waals surface area contributed by atoms with Gasteiger partial charge in [-0.15, -0.1) is 0 Å². The third-order valence-corrected chi connectivity index (χ3v) is 2.50. The number of aliphatic hydroxyl groups excluding tert-OH is 1. The van der Waals surface area contributed by atoms with Gasteiger partial charge in [-0.3, -0.25) is 9.59 Å². The van der Waals surface area contributed by atoms with E-state index in [-0.39, 0.29) is 37.4 Å². The number of hydrogen-bond donors (Lipinski definition) is 3. The largest absolute Gasteiger partial charge is 0.472 e. The number of aliphatic hydroxyl groups is 1. The molecule has 3 N–H and O–H groups in total. The van der Waals surface area contributed by atoms with Crippen molar-refractivity contribution in [3.8, 4) is 0 Å². The summed E-state index contributed by atoms with van der Waals surface area (Å²) in [5.74, 6) is -0.464. The molecule has 1 rings (SSSR count). The molecular weight excluding hydrogens is 236 g/mol. The fourth-order valence-corrected chi connectivity index (χ4v) is 1.36. The van der Waals surface area contributed by atoms with E-state index in [1.54, 1.807) is 6.07 Å². The fourth-order valence-electron chi connectivity index (χ4n) is 1.36. The zero-order valence-electron chi connectivity index (χ0n) is 10.3. The van der Waals surface area contributed by atoms with Gasteiger partial charge in [-0.2, -0.15) is 0 Å². The molecule has 0 aliphatic rings. The lowest BCUT2D eigenvalue weighted by Gasteiger charge is -2.13. The molecule has 1 aromatic rings. The lowest BCUT2D eigenvalue weighted by molar-refractivity contribution is -0.122. The molecule has 2 amide bonds. The second-order valence-electron chi connectivity index (χ2n) is 3.87. The lowest BCUT2D eigenvalue weighted by Crippen LogP contribution is -2.38. The predicted octanol–water partition coefficient (Wildman–Crippen LogP) is 0.287. The molecule has 1 atom stereocenters. The van der Waals surface area contributed by atoms with Gasteiger partial charge in [0.2, 0.25) is 5.91 Å². The van der Waals surface area contributed by atoms with Crippen LogP contribution in [0.15, 0.2) is 23.0 Å². The first-order valence-electron chi connectivity index (χ1n) is 5.88. The SMILES string of the molecule is CC[C@@H](CO)NC(=O)CCNC(=O)c1ccoc1. The first-order chi connectivity index (χ1) is 8.67. The van der Waals surface area contributed by atoms with Crippen molar-refractivity contribution in [1.29, 1.82) is 0 Å². The van der Waals surface area contributed by atoms with Crippen molar-refractivity contribution < 1.29 is 19.1 Å². The molecular formula is C12H18N2O4. The van der Waals surface area contributed by atoms with Gasteiger partial charge in [-0.1, -0.05) is 6.92 Å². The monoisotopic (exact) mass is 254 g/mol. The highest BCUT2D eigenvalue weighted by Crippen LogP contribution is 1.99. The zero-order valence-corrected chi connectivity index (χ0v) is 10.3. The Morgan fingerprint density at radius 3 is 2.83 bits per heavy atom. The van der Waals surface area contributed by atoms with E-state index in [2.05, 4.69) is 10.6 Å². The normalized spacial score (nSPS) is 11.9. The number of rotatable bonds is 7. The van der Waals surface area contributed by atoms with Crippen LogP contribution in [0.5, 0.6) is 0 Å². The topological polar surface area (TPSA) is 91.6 Å². The Morgan fingerprint density at radius 2 is 2.28 bits per heavy atom. The molecule has 0 radical (unpaired) electrons. The first kappa shape index (κ1) is 14.2. The van der Waals surface area contributed by atoms with Crippen LogP contribution in [0.1, 0.15) is 30.1 Å². The molecule has 0 fully saturated rings. The molecule has 0 saturated heterocycles. The van der Waals surface area contributed by atoms with Crippen LogP contribution in [0.2, 0.25) is 0 Å². The molecule has 100 valence electrons. The molecule has 0 aliphatic heterocycles. The Bertz CT molecular complexity index is 371. The van der Waals surface area contributed by atoms with Crippen LogP contribution in [0.3, 0.4) is 0 Å². The minimum Gasteiger partial charge on any atom is -0.472 e. The van der Waals surface area contributed by atoms with E-state index in [0.29, 0.717) is 12.0 Å². The van der Waals surface area contributed by atoms with Crippen LogP contribution in [0, 0.1) is 0 Å². The number of furan rings is 1. The van der Waals surface area contributed by atoms with Gasteiger partial charge in [0, 0.05) is 13.0 Å². The van der Waals surface area contributed by atoms with Crippen molar-refractivity contribution in [2.24, 2.45) is 0 Å². The Kier molecular flexibility index (Phi) is 5.93. The fraction of sp³-hybridized carbons (Fsp3) is 0.500. The van der Waals surface area contributed by atoms with E-state index in [1.165, 1.54) is 12.5 Å². The summed E-state index contributed by atoms with van der Waals surface area (Å²) in [6.07, 6.45) is 3.60. The van der Waals surface area contributed by atoms with E-state index in [0.717, 1.165) is 0 Å². The van der Waals surface area contributed by atoms with Crippen LogP contribution in [0.4, 0.5) is 0 Å². The average Bonchev–Trinajstić information content (AvgIpc) is 2.89. The third kappa shape index (κ3) is 4.58. The molecule has 0 aromatic carbocycles. The predicted molar refractivity (Wildman–Crippen MR) is 65.0 cm³/mol. The summed E-state index contributed by atoms with van der Waals surface area (Å²) in [7, 11) is 0. The van der Waals surface area contributed by atoms with Gasteiger partial charge in [0.1, 0.15) is 6.26 Å². The average molecular weight is 254 g/mol. The van der Waals surface area contributed by atoms with Crippen molar-refractivity contribution in [3.63, 3.8) is 0 Å². The molecule has 0 saturated carbocycles. The van der Waals surface area contributed by atoms with Crippen LogP contribution in [-0.2, 0) is 4.79 Å². The summed E-state index contributed by atoms with van der Waals surface area (Å²) in [5.41, 5.74) is 0.428. The second-order valence-corrected chi connectivity index (χ2v) is 3.87. The summed E-state index contributed by atoms with van der Waals surface area (Å²) in [6.45, 7) is 2.04. The summed E-state index contributed by atoms with van der Waals surface area (Å²) < 4.78 is 4.78. The van der Waals surface area contributed by atoms with Gasteiger partial charge >= 0.3 is 0 Å². The van der Waals surface area contributed by atoms with Crippen molar-refractivity contribution in [3.05, 3.63) is 24.2 Å². The van der Waals surface area contributed by atoms with Crippen LogP contribution < -0.4 is 10.6 Å². The molecule has 0 bridgehead atoms. The number of carbonyl (C=O) groups is 2. The van der Waals surface area contributed by atoms with Gasteiger partial charge in [-0.05, 0) is 12.5 Å². The van der Waals surface area contributed by atoms with Gasteiger partial charge in [0.05, 0.1) is 24.5 Å². The Hall–Kier alpha value is -1.82. The second kappa shape index (κ2) is 7.50. The number of hydrogen-bond acceptors (Lipinski definition) is 4. The van der Waals surface area contributed by atoms with Crippen LogP contribution >= 0.6 is 0 Å². The van der Waals surface area contributed by atoms with E-state index in [4.69, 9.17) is 9.52 Å². The maximum atomic E-state index is 11.5. The van der Waals surface area contributed by atoms with Crippen molar-refractivity contribution in [1.82, 2.24) is 10.6 Å². The van der Waals surface area contributed by atoms with E-state index in [1.807, 2.05) is 6.92 Å². The number of amides is 2. The maximum absolute atomic E-state index is 11.5. The van der Waals surface area contributed by atoms with E-state index < -0.39 is 0 Å². The van der Waals surface area contributed by atoms with Gasteiger partial charge < -0.3 is 20.2 Å². The summed E-state index contributed by atoms with van der Waals surface area (Å²) in [6, 6.07) is 1.33. The van der Waals surface area contributed by atoms with Crippen molar-refractivity contribution in [2.75, 3.05) is 13.2 Å². The summed E-state index contributed by atoms with van der Waals surface area (Å²) in [4.78, 5) is 22.9. The minimum absolute atomic E-state index is 0.0797. The molecule has 0 spiro atoms. The molecule has 1 aromatic heterocycles. The van der Waals surface area contributed by atoms with E-state index in [9.17, 15) is 9.59 Å². The van der Waals surface area contributed by atoms with Gasteiger partial charge in [0.15, 0.2) is 0 Å². The molecule has 6 heteroatoms. The highest BCUT2D eigenvalue weighted by molar-refractivity contribution is 5.94. The zero-order chi connectivity index (χ0) is 13.4.